The number of ether oxygens (including phenoxy) is 3. The largest absolute Gasteiger partial charge is 0.494 e. The number of ketones is 2. The van der Waals surface area contributed by atoms with Crippen LogP contribution in [0.2, 0.25) is 0 Å². The van der Waals surface area contributed by atoms with Gasteiger partial charge in [0.25, 0.3) is 0 Å². The molecule has 0 aromatic heterocycles. The van der Waals surface area contributed by atoms with E-state index < -0.39 is 5.97 Å². The number of carbonyl (C=O) groups is 3. The fourth-order valence-corrected chi connectivity index (χ4v) is 4.09. The van der Waals surface area contributed by atoms with Gasteiger partial charge in [0.1, 0.15) is 17.2 Å². The fourth-order valence-electron chi connectivity index (χ4n) is 4.09. The second-order valence-corrected chi connectivity index (χ2v) is 8.98. The van der Waals surface area contributed by atoms with E-state index in [0.717, 1.165) is 10.9 Å². The SMILES string of the molecule is CC(=O)c1ccc(OCCCOc2ccc3ccc(OCCCC(=O)O)cc3c2C(C)=O)c(CCCO)c1. The number of rotatable bonds is 16. The number of carbonyl (C=O) groups excluding carboxylic acids is 2. The molecule has 38 heavy (non-hydrogen) atoms. The van der Waals surface area contributed by atoms with Gasteiger partial charge in [-0.25, -0.2) is 0 Å². The molecular formula is C30H34O8. The van der Waals surface area contributed by atoms with E-state index in [9.17, 15) is 19.5 Å². The number of aliphatic hydroxyl groups is 1. The second kappa shape index (κ2) is 14.1. The van der Waals surface area contributed by atoms with Gasteiger partial charge in [-0.05, 0) is 85.8 Å². The topological polar surface area (TPSA) is 119 Å². The summed E-state index contributed by atoms with van der Waals surface area (Å²) in [7, 11) is 0. The van der Waals surface area contributed by atoms with Gasteiger partial charge < -0.3 is 24.4 Å². The van der Waals surface area contributed by atoms with Crippen molar-refractivity contribution in [3.63, 3.8) is 0 Å². The van der Waals surface area contributed by atoms with E-state index >= 15 is 0 Å². The number of Topliss-reactive ketones (excluding diaryl/α,β-unsaturated/α-hetero) is 2. The highest BCUT2D eigenvalue weighted by atomic mass is 16.5. The molecule has 0 atom stereocenters. The van der Waals surface area contributed by atoms with Gasteiger partial charge in [0.05, 0.1) is 25.4 Å². The molecule has 0 heterocycles. The lowest BCUT2D eigenvalue weighted by Gasteiger charge is -2.15. The molecule has 2 N–H and O–H groups in total. The van der Waals surface area contributed by atoms with Crippen LogP contribution in [0.4, 0.5) is 0 Å². The first-order chi connectivity index (χ1) is 18.3. The Morgan fingerprint density at radius 3 is 2.13 bits per heavy atom. The minimum absolute atomic E-state index is 0.0243. The van der Waals surface area contributed by atoms with E-state index in [1.807, 2.05) is 18.2 Å². The van der Waals surface area contributed by atoms with E-state index in [1.165, 1.54) is 13.8 Å². The Bertz CT molecular complexity index is 1280. The number of fused-ring (bicyclic) bond motifs is 1. The normalized spacial score (nSPS) is 10.8. The molecule has 0 saturated heterocycles. The maximum absolute atomic E-state index is 12.5. The Balaban J connectivity index is 1.63. The van der Waals surface area contributed by atoms with Gasteiger partial charge in [0.2, 0.25) is 0 Å². The van der Waals surface area contributed by atoms with Crippen molar-refractivity contribution in [1.82, 2.24) is 0 Å². The minimum Gasteiger partial charge on any atom is -0.494 e. The molecule has 3 aromatic rings. The van der Waals surface area contributed by atoms with E-state index in [0.29, 0.717) is 72.7 Å². The van der Waals surface area contributed by atoms with Crippen LogP contribution < -0.4 is 14.2 Å². The number of carboxylic acids is 1. The monoisotopic (exact) mass is 522 g/mol. The third-order valence-corrected chi connectivity index (χ3v) is 5.99. The van der Waals surface area contributed by atoms with Gasteiger partial charge in [-0.15, -0.1) is 0 Å². The Morgan fingerprint density at radius 1 is 0.763 bits per heavy atom. The molecule has 3 aromatic carbocycles. The zero-order valence-corrected chi connectivity index (χ0v) is 21.8. The molecule has 0 bridgehead atoms. The Hall–Kier alpha value is -3.91. The summed E-state index contributed by atoms with van der Waals surface area (Å²) in [6.07, 6.45) is 2.17. The van der Waals surface area contributed by atoms with Gasteiger partial charge in [-0.1, -0.05) is 12.1 Å². The number of aliphatic carboxylic acids is 1. The summed E-state index contributed by atoms with van der Waals surface area (Å²) in [5.41, 5.74) is 1.95. The number of aliphatic hydroxyl groups excluding tert-OH is 1. The van der Waals surface area contributed by atoms with Crippen LogP contribution in [0.15, 0.2) is 48.5 Å². The highest BCUT2D eigenvalue weighted by Crippen LogP contribution is 2.32. The number of benzene rings is 3. The van der Waals surface area contributed by atoms with Gasteiger partial charge in [0.15, 0.2) is 11.6 Å². The van der Waals surface area contributed by atoms with Crippen LogP contribution in [0.25, 0.3) is 10.8 Å². The van der Waals surface area contributed by atoms with E-state index in [4.69, 9.17) is 19.3 Å². The number of hydrogen-bond donors (Lipinski definition) is 2. The maximum Gasteiger partial charge on any atom is 0.303 e. The molecule has 0 saturated carbocycles. The zero-order chi connectivity index (χ0) is 27.5. The number of aryl methyl sites for hydroxylation is 1. The van der Waals surface area contributed by atoms with E-state index in [-0.39, 0.29) is 31.2 Å². The van der Waals surface area contributed by atoms with Crippen LogP contribution in [0.3, 0.4) is 0 Å². The molecule has 0 aliphatic carbocycles. The average molecular weight is 523 g/mol. The number of carboxylic acid groups (broad SMARTS) is 1. The smallest absolute Gasteiger partial charge is 0.303 e. The third kappa shape index (κ3) is 8.05. The minimum atomic E-state index is -0.869. The van der Waals surface area contributed by atoms with Crippen molar-refractivity contribution in [2.24, 2.45) is 0 Å². The van der Waals surface area contributed by atoms with Crippen molar-refractivity contribution < 1.29 is 38.8 Å². The lowest BCUT2D eigenvalue weighted by Crippen LogP contribution is -2.09. The summed E-state index contributed by atoms with van der Waals surface area (Å²) < 4.78 is 17.6. The molecule has 0 aliphatic rings. The molecular weight excluding hydrogens is 488 g/mol. The summed E-state index contributed by atoms with van der Waals surface area (Å²) >= 11 is 0. The zero-order valence-electron chi connectivity index (χ0n) is 21.8. The predicted molar refractivity (Wildman–Crippen MR) is 144 cm³/mol. The first-order valence-electron chi connectivity index (χ1n) is 12.7. The lowest BCUT2D eigenvalue weighted by atomic mass is 10.0. The molecule has 0 unspecified atom stereocenters. The molecule has 8 nitrogen and oxygen atoms in total. The molecule has 202 valence electrons. The van der Waals surface area contributed by atoms with Crippen LogP contribution in [0, 0.1) is 0 Å². The van der Waals surface area contributed by atoms with Crippen molar-refractivity contribution in [3.8, 4) is 17.2 Å². The molecule has 8 heteroatoms. The summed E-state index contributed by atoms with van der Waals surface area (Å²) in [6, 6.07) is 14.4. The molecule has 0 fully saturated rings. The Morgan fingerprint density at radius 2 is 1.45 bits per heavy atom. The standard InChI is InChI=1S/C30H34O8/c1-20(32)23-10-12-27(24(18-23)6-3-14-31)37-16-5-17-38-28-13-9-22-8-11-25(36-15-4-7-29(34)35)19-26(22)30(28)21(2)33/h8-13,18-19,31H,3-7,14-17H2,1-2H3,(H,34,35). The van der Waals surface area contributed by atoms with Gasteiger partial charge in [-0.2, -0.15) is 0 Å². The Labute approximate surface area is 222 Å². The van der Waals surface area contributed by atoms with Crippen molar-refractivity contribution in [3.05, 3.63) is 65.2 Å². The van der Waals surface area contributed by atoms with Crippen LogP contribution in [-0.2, 0) is 11.2 Å². The van der Waals surface area contributed by atoms with Crippen LogP contribution in [-0.4, -0.2) is 54.2 Å². The van der Waals surface area contributed by atoms with Crippen molar-refractivity contribution in [2.45, 2.75) is 46.0 Å². The summed E-state index contributed by atoms with van der Waals surface area (Å²) in [4.78, 5) is 35.0. The van der Waals surface area contributed by atoms with Crippen LogP contribution in [0.5, 0.6) is 17.2 Å². The summed E-state index contributed by atoms with van der Waals surface area (Å²) in [5, 5.41) is 19.5. The molecule has 0 spiro atoms. The molecule has 0 amide bonds. The van der Waals surface area contributed by atoms with Gasteiger partial charge >= 0.3 is 5.97 Å². The van der Waals surface area contributed by atoms with Crippen molar-refractivity contribution in [1.29, 1.82) is 0 Å². The van der Waals surface area contributed by atoms with Crippen molar-refractivity contribution in [2.75, 3.05) is 26.4 Å². The lowest BCUT2D eigenvalue weighted by molar-refractivity contribution is -0.137. The van der Waals surface area contributed by atoms with E-state index in [1.54, 1.807) is 30.3 Å². The fraction of sp³-hybridized carbons (Fsp3) is 0.367. The Kier molecular flexibility index (Phi) is 10.7. The molecule has 3 rings (SSSR count). The predicted octanol–water partition coefficient (Wildman–Crippen LogP) is 5.26. The molecule has 0 radical (unpaired) electrons. The van der Waals surface area contributed by atoms with Crippen LogP contribution in [0.1, 0.15) is 65.8 Å². The maximum atomic E-state index is 12.5. The van der Waals surface area contributed by atoms with Gasteiger partial charge in [0, 0.05) is 25.0 Å². The first kappa shape index (κ1) is 28.7. The highest BCUT2D eigenvalue weighted by Gasteiger charge is 2.15. The van der Waals surface area contributed by atoms with Gasteiger partial charge in [-0.3, -0.25) is 14.4 Å². The average Bonchev–Trinajstić information content (AvgIpc) is 2.89. The van der Waals surface area contributed by atoms with Crippen molar-refractivity contribution >= 4 is 28.3 Å². The summed E-state index contributed by atoms with van der Waals surface area (Å²) in [6.45, 7) is 4.03. The molecule has 0 aliphatic heterocycles. The second-order valence-electron chi connectivity index (χ2n) is 8.98. The summed E-state index contributed by atoms with van der Waals surface area (Å²) in [5.74, 6) is 0.680. The quantitative estimate of drug-likeness (QED) is 0.193. The van der Waals surface area contributed by atoms with E-state index in [2.05, 4.69) is 0 Å². The highest BCUT2D eigenvalue weighted by molar-refractivity contribution is 6.09. The van der Waals surface area contributed by atoms with Crippen LogP contribution >= 0.6 is 0 Å². The first-order valence-corrected chi connectivity index (χ1v) is 12.7. The number of hydrogen-bond acceptors (Lipinski definition) is 7. The third-order valence-electron chi connectivity index (χ3n) is 5.99.